The molecule has 0 aromatic carbocycles. The van der Waals surface area contributed by atoms with Crippen molar-refractivity contribution in [3.63, 3.8) is 0 Å². The van der Waals surface area contributed by atoms with Crippen LogP contribution in [0.15, 0.2) is 0 Å². The summed E-state index contributed by atoms with van der Waals surface area (Å²) in [6.07, 6.45) is 4.95. The van der Waals surface area contributed by atoms with Crippen molar-refractivity contribution in [2.75, 3.05) is 13.1 Å². The van der Waals surface area contributed by atoms with Gasteiger partial charge in [-0.15, -0.1) is 0 Å². The van der Waals surface area contributed by atoms with Gasteiger partial charge in [-0.05, 0) is 37.6 Å². The lowest BCUT2D eigenvalue weighted by Crippen LogP contribution is -2.24. The van der Waals surface area contributed by atoms with Crippen LogP contribution >= 0.6 is 0 Å². The predicted octanol–water partition coefficient (Wildman–Crippen LogP) is 0.511. The summed E-state index contributed by atoms with van der Waals surface area (Å²) in [5.74, 6) is 0. The third-order valence-electron chi connectivity index (χ3n) is 2.84. The Balaban J connectivity index is 1.96. The minimum atomic E-state index is -0.0787. The Hall–Kier alpha value is -0.0800. The highest BCUT2D eigenvalue weighted by Crippen LogP contribution is 2.52. The third-order valence-corrected chi connectivity index (χ3v) is 2.84. The molecule has 1 saturated heterocycles. The lowest BCUT2D eigenvalue weighted by molar-refractivity contribution is 0.147. The average molecular weight is 141 g/mol. The van der Waals surface area contributed by atoms with Crippen molar-refractivity contribution in [2.24, 2.45) is 5.41 Å². The summed E-state index contributed by atoms with van der Waals surface area (Å²) >= 11 is 0. The molecule has 2 nitrogen and oxygen atoms in total. The Bertz CT molecular complexity index is 131. The highest BCUT2D eigenvalue weighted by molar-refractivity contribution is 4.96. The molecule has 1 aliphatic heterocycles. The Morgan fingerprint density at radius 3 is 2.80 bits per heavy atom. The number of aliphatic hydroxyl groups is 1. The van der Waals surface area contributed by atoms with Crippen molar-refractivity contribution in [1.82, 2.24) is 5.32 Å². The van der Waals surface area contributed by atoms with Crippen LogP contribution in [0.4, 0.5) is 0 Å². The molecular formula is C8H15NO. The van der Waals surface area contributed by atoms with Gasteiger partial charge in [0.1, 0.15) is 0 Å². The molecule has 10 heavy (non-hydrogen) atoms. The van der Waals surface area contributed by atoms with Crippen molar-refractivity contribution < 1.29 is 5.11 Å². The van der Waals surface area contributed by atoms with Crippen molar-refractivity contribution in [1.29, 1.82) is 0 Å². The summed E-state index contributed by atoms with van der Waals surface area (Å²) in [6.45, 7) is 1.92. The second-order valence-corrected chi connectivity index (χ2v) is 3.81. The van der Waals surface area contributed by atoms with E-state index in [1.54, 1.807) is 0 Å². The molecule has 1 unspecified atom stereocenters. The molecule has 2 aliphatic rings. The minimum Gasteiger partial charge on any atom is -0.392 e. The van der Waals surface area contributed by atoms with E-state index in [2.05, 4.69) is 5.32 Å². The quantitative estimate of drug-likeness (QED) is 0.515. The van der Waals surface area contributed by atoms with Crippen LogP contribution in [0.25, 0.3) is 0 Å². The molecule has 1 aliphatic carbocycles. The van der Waals surface area contributed by atoms with Gasteiger partial charge >= 0.3 is 0 Å². The normalized spacial score (nSPS) is 37.5. The standard InChI is InChI=1S/C8H15NO/c10-7-5-8(1-2-8)3-4-9-6-7/h7,9-10H,1-6H2. The Kier molecular flexibility index (Phi) is 1.46. The van der Waals surface area contributed by atoms with E-state index in [0.717, 1.165) is 19.5 Å². The summed E-state index contributed by atoms with van der Waals surface area (Å²) in [5.41, 5.74) is 0.572. The van der Waals surface area contributed by atoms with Gasteiger partial charge in [-0.25, -0.2) is 0 Å². The number of rotatable bonds is 0. The van der Waals surface area contributed by atoms with E-state index in [0.29, 0.717) is 5.41 Å². The Morgan fingerprint density at radius 1 is 1.30 bits per heavy atom. The van der Waals surface area contributed by atoms with Crippen molar-refractivity contribution >= 4 is 0 Å². The maximum atomic E-state index is 9.40. The van der Waals surface area contributed by atoms with Gasteiger partial charge in [-0.1, -0.05) is 0 Å². The van der Waals surface area contributed by atoms with Crippen molar-refractivity contribution in [2.45, 2.75) is 31.8 Å². The monoisotopic (exact) mass is 141 g/mol. The van der Waals surface area contributed by atoms with Crippen molar-refractivity contribution in [3.8, 4) is 0 Å². The fourth-order valence-electron chi connectivity index (χ4n) is 1.93. The molecule has 0 amide bonds. The number of nitrogens with one attached hydrogen (secondary N) is 1. The molecule has 1 heterocycles. The first-order valence-electron chi connectivity index (χ1n) is 4.20. The number of aliphatic hydroxyl groups excluding tert-OH is 1. The fraction of sp³-hybridized carbons (Fsp3) is 1.00. The van der Waals surface area contributed by atoms with Gasteiger partial charge in [0.15, 0.2) is 0 Å². The Labute approximate surface area is 61.6 Å². The predicted molar refractivity (Wildman–Crippen MR) is 39.8 cm³/mol. The lowest BCUT2D eigenvalue weighted by atomic mass is 9.96. The summed E-state index contributed by atoms with van der Waals surface area (Å²) in [6, 6.07) is 0. The van der Waals surface area contributed by atoms with Crippen molar-refractivity contribution in [3.05, 3.63) is 0 Å². The van der Waals surface area contributed by atoms with Gasteiger partial charge in [-0.3, -0.25) is 0 Å². The van der Waals surface area contributed by atoms with E-state index in [9.17, 15) is 5.11 Å². The van der Waals surface area contributed by atoms with E-state index in [-0.39, 0.29) is 6.10 Å². The van der Waals surface area contributed by atoms with Crippen LogP contribution in [-0.4, -0.2) is 24.3 Å². The molecule has 2 fully saturated rings. The van der Waals surface area contributed by atoms with Crippen LogP contribution in [0.3, 0.4) is 0 Å². The largest absolute Gasteiger partial charge is 0.392 e. The van der Waals surface area contributed by atoms with E-state index in [1.165, 1.54) is 19.3 Å². The molecule has 58 valence electrons. The molecule has 1 atom stereocenters. The number of β-amino-alcohol motifs (C(OH)–C–C–N with tert-alkyl or cyclic N) is 1. The Morgan fingerprint density at radius 2 is 2.10 bits per heavy atom. The second kappa shape index (κ2) is 2.21. The highest BCUT2D eigenvalue weighted by atomic mass is 16.3. The van der Waals surface area contributed by atoms with Gasteiger partial charge in [0.2, 0.25) is 0 Å². The van der Waals surface area contributed by atoms with Crippen LogP contribution in [0.2, 0.25) is 0 Å². The van der Waals surface area contributed by atoms with E-state index in [1.807, 2.05) is 0 Å². The minimum absolute atomic E-state index is 0.0787. The molecular weight excluding hydrogens is 126 g/mol. The summed E-state index contributed by atoms with van der Waals surface area (Å²) in [5, 5.41) is 12.6. The van der Waals surface area contributed by atoms with E-state index < -0.39 is 0 Å². The lowest BCUT2D eigenvalue weighted by Gasteiger charge is -2.12. The van der Waals surface area contributed by atoms with Gasteiger partial charge in [0.25, 0.3) is 0 Å². The third kappa shape index (κ3) is 1.18. The van der Waals surface area contributed by atoms with Gasteiger partial charge in [-0.2, -0.15) is 0 Å². The van der Waals surface area contributed by atoms with Crippen LogP contribution in [-0.2, 0) is 0 Å². The maximum absolute atomic E-state index is 9.40. The van der Waals surface area contributed by atoms with Crippen LogP contribution in [0.1, 0.15) is 25.7 Å². The average Bonchev–Trinajstić information content (AvgIpc) is 2.64. The van der Waals surface area contributed by atoms with Gasteiger partial charge < -0.3 is 10.4 Å². The topological polar surface area (TPSA) is 32.3 Å². The van der Waals surface area contributed by atoms with Crippen LogP contribution in [0.5, 0.6) is 0 Å². The number of hydrogen-bond donors (Lipinski definition) is 2. The zero-order valence-electron chi connectivity index (χ0n) is 6.27. The summed E-state index contributed by atoms with van der Waals surface area (Å²) in [7, 11) is 0. The first-order chi connectivity index (χ1) is 4.81. The molecule has 2 heteroatoms. The van der Waals surface area contributed by atoms with Crippen LogP contribution in [0, 0.1) is 5.41 Å². The molecule has 0 aromatic rings. The first-order valence-corrected chi connectivity index (χ1v) is 4.20. The second-order valence-electron chi connectivity index (χ2n) is 3.81. The van der Waals surface area contributed by atoms with Gasteiger partial charge in [0, 0.05) is 6.54 Å². The SMILES string of the molecule is OC1CNCCC2(CC2)C1. The molecule has 0 bridgehead atoms. The zero-order chi connectivity index (χ0) is 7.03. The molecule has 0 radical (unpaired) electrons. The molecule has 0 aromatic heterocycles. The molecule has 2 N–H and O–H groups in total. The highest BCUT2D eigenvalue weighted by Gasteiger charge is 2.44. The molecule has 1 spiro atoms. The first kappa shape index (κ1) is 6.62. The summed E-state index contributed by atoms with van der Waals surface area (Å²) < 4.78 is 0. The van der Waals surface area contributed by atoms with Gasteiger partial charge in [0.05, 0.1) is 6.10 Å². The fourth-order valence-corrected chi connectivity index (χ4v) is 1.93. The van der Waals surface area contributed by atoms with Crippen LogP contribution < -0.4 is 5.32 Å². The smallest absolute Gasteiger partial charge is 0.0669 e. The molecule has 1 saturated carbocycles. The summed E-state index contributed by atoms with van der Waals surface area (Å²) in [4.78, 5) is 0. The van der Waals surface area contributed by atoms with E-state index >= 15 is 0 Å². The maximum Gasteiger partial charge on any atom is 0.0669 e. The molecule has 2 rings (SSSR count). The van der Waals surface area contributed by atoms with E-state index in [4.69, 9.17) is 0 Å². The number of hydrogen-bond acceptors (Lipinski definition) is 2. The zero-order valence-corrected chi connectivity index (χ0v) is 6.27.